The molecule has 0 aromatic carbocycles. The Morgan fingerprint density at radius 2 is 1.64 bits per heavy atom. The van der Waals surface area contributed by atoms with Gasteiger partial charge in [-0.2, -0.15) is 0 Å². The Labute approximate surface area is 280 Å². The predicted octanol–water partition coefficient (Wildman–Crippen LogP) is 4.68. The number of likely N-dealkylation sites (tertiary alicyclic amines) is 1. The van der Waals surface area contributed by atoms with Gasteiger partial charge in [0.25, 0.3) is 5.91 Å². The van der Waals surface area contributed by atoms with Gasteiger partial charge < -0.3 is 25.6 Å². The summed E-state index contributed by atoms with van der Waals surface area (Å²) in [5, 5.41) is 8.36. The summed E-state index contributed by atoms with van der Waals surface area (Å²) in [6.07, 6.45) is 10.8. The minimum Gasteiger partial charge on any atom is -0.445 e. The largest absolute Gasteiger partial charge is 0.445 e. The second-order valence-electron chi connectivity index (χ2n) is 16.4. The van der Waals surface area contributed by atoms with Crippen molar-refractivity contribution in [3.05, 3.63) is 25.3 Å². The molecule has 10 heteroatoms. The molecule has 260 valence electrons. The molecule has 10 nitrogen and oxygen atoms in total. The highest BCUT2D eigenvalue weighted by Gasteiger charge is 2.70. The second kappa shape index (κ2) is 13.4. The van der Waals surface area contributed by atoms with Gasteiger partial charge in [0.2, 0.25) is 17.6 Å². The quantitative estimate of drug-likeness (QED) is 0.196. The first-order chi connectivity index (χ1) is 22.2. The average molecular weight is 653 g/mol. The first-order valence-corrected chi connectivity index (χ1v) is 17.8. The van der Waals surface area contributed by atoms with Gasteiger partial charge in [-0.1, -0.05) is 66.0 Å². The number of hydrogen-bond donors (Lipinski definition) is 3. The fourth-order valence-electron chi connectivity index (χ4n) is 9.88. The molecular weight excluding hydrogens is 596 g/mol. The number of carbonyl (C=O) groups excluding carboxylic acids is 5. The van der Waals surface area contributed by atoms with E-state index < -0.39 is 41.8 Å². The smallest absolute Gasteiger partial charge is 0.408 e. The molecule has 47 heavy (non-hydrogen) atoms. The van der Waals surface area contributed by atoms with Gasteiger partial charge in [0, 0.05) is 23.9 Å². The lowest BCUT2D eigenvalue weighted by atomic mass is 9.70. The van der Waals surface area contributed by atoms with E-state index in [9.17, 15) is 24.0 Å². The van der Waals surface area contributed by atoms with Crippen LogP contribution in [0.3, 0.4) is 0 Å². The lowest BCUT2D eigenvalue weighted by Crippen LogP contribution is -2.60. The van der Waals surface area contributed by atoms with E-state index in [4.69, 9.17) is 4.74 Å². The summed E-state index contributed by atoms with van der Waals surface area (Å²) in [5.74, 6) is -1.78. The maximum Gasteiger partial charge on any atom is 0.408 e. The van der Waals surface area contributed by atoms with Crippen molar-refractivity contribution in [1.82, 2.24) is 20.9 Å². The summed E-state index contributed by atoms with van der Waals surface area (Å²) in [7, 11) is 0. The van der Waals surface area contributed by atoms with E-state index in [0.29, 0.717) is 18.9 Å². The number of nitrogens with zero attached hydrogens (tertiary/aromatic N) is 1. The van der Waals surface area contributed by atoms with Crippen LogP contribution in [0, 0.1) is 39.9 Å². The zero-order valence-corrected chi connectivity index (χ0v) is 29.1. The van der Waals surface area contributed by atoms with Crippen molar-refractivity contribution in [1.29, 1.82) is 0 Å². The molecule has 1 saturated heterocycles. The Bertz CT molecular complexity index is 1280. The molecule has 1 aliphatic heterocycles. The van der Waals surface area contributed by atoms with Crippen LogP contribution >= 0.6 is 0 Å². The predicted molar refractivity (Wildman–Crippen MR) is 179 cm³/mol. The first kappa shape index (κ1) is 35.1. The maximum atomic E-state index is 14.6. The number of ketones is 1. The number of allylic oxidation sites excluding steroid dienone is 1. The zero-order chi connectivity index (χ0) is 34.3. The lowest BCUT2D eigenvalue weighted by molar-refractivity contribution is -0.145. The van der Waals surface area contributed by atoms with Crippen LogP contribution in [0.25, 0.3) is 0 Å². The minimum absolute atomic E-state index is 0.0588. The summed E-state index contributed by atoms with van der Waals surface area (Å²) in [6, 6.07) is -2.68. The Morgan fingerprint density at radius 3 is 2.26 bits per heavy atom. The van der Waals surface area contributed by atoms with E-state index in [1.165, 1.54) is 6.08 Å². The standard InChI is InChI=1S/C37H56N4O6/c1-8-10-16-25(29(42)31(44)38-19-9-2)39-30(43)28-26-24(36(26,5)6)21-41(28)32(45)27(22-14-12-11-13-15-22)40-34(46)47-33-35(3,4)23-17-18-37(33,7)20-23/h8-9,22-28,33H,1-2,10-21H2,3-7H3,(H,38,44)(H,39,43)(H,40,46)/t23?,24-,25?,26-,27-,28-,33?,37?/m0/s1. The Balaban J connectivity index is 1.35. The number of piperidine rings is 1. The second-order valence-corrected chi connectivity index (χ2v) is 16.4. The van der Waals surface area contributed by atoms with Gasteiger partial charge in [-0.25, -0.2) is 4.79 Å². The molecule has 5 rings (SSSR count). The monoisotopic (exact) mass is 652 g/mol. The number of nitrogens with one attached hydrogen (secondary N) is 3. The van der Waals surface area contributed by atoms with Gasteiger partial charge in [-0.05, 0) is 74.0 Å². The minimum atomic E-state index is -1.06. The van der Waals surface area contributed by atoms with Crippen LogP contribution in [0.5, 0.6) is 0 Å². The molecule has 1 heterocycles. The zero-order valence-electron chi connectivity index (χ0n) is 29.1. The summed E-state index contributed by atoms with van der Waals surface area (Å²) < 4.78 is 6.21. The molecule has 0 radical (unpaired) electrons. The average Bonchev–Trinajstić information content (AvgIpc) is 3.42. The summed E-state index contributed by atoms with van der Waals surface area (Å²) in [4.78, 5) is 69.6. The Kier molecular flexibility index (Phi) is 10.0. The van der Waals surface area contributed by atoms with Crippen LogP contribution in [0.4, 0.5) is 4.79 Å². The molecule has 3 N–H and O–H groups in total. The molecule has 4 saturated carbocycles. The summed E-state index contributed by atoms with van der Waals surface area (Å²) in [5.41, 5.74) is -0.360. The van der Waals surface area contributed by atoms with E-state index in [0.717, 1.165) is 51.4 Å². The highest BCUT2D eigenvalue weighted by atomic mass is 16.6. The van der Waals surface area contributed by atoms with Crippen molar-refractivity contribution >= 4 is 29.6 Å². The highest BCUT2D eigenvalue weighted by molar-refractivity contribution is 6.38. The first-order valence-electron chi connectivity index (χ1n) is 17.8. The number of Topliss-reactive ketones (excluding diaryl/α,β-unsaturated/α-hetero) is 1. The van der Waals surface area contributed by atoms with Crippen molar-refractivity contribution in [2.75, 3.05) is 13.1 Å². The van der Waals surface area contributed by atoms with E-state index in [-0.39, 0.29) is 59.0 Å². The van der Waals surface area contributed by atoms with Gasteiger partial charge in [0.15, 0.2) is 0 Å². The van der Waals surface area contributed by atoms with E-state index in [1.54, 1.807) is 11.0 Å². The van der Waals surface area contributed by atoms with E-state index in [2.05, 4.69) is 63.7 Å². The Hall–Kier alpha value is -3.17. The van der Waals surface area contributed by atoms with Crippen molar-refractivity contribution in [3.8, 4) is 0 Å². The molecule has 0 aromatic rings. The van der Waals surface area contributed by atoms with Gasteiger partial charge >= 0.3 is 6.09 Å². The molecular formula is C37H56N4O6. The van der Waals surface area contributed by atoms with Crippen molar-refractivity contribution in [3.63, 3.8) is 0 Å². The van der Waals surface area contributed by atoms with Crippen LogP contribution < -0.4 is 16.0 Å². The molecule has 5 fully saturated rings. The van der Waals surface area contributed by atoms with Gasteiger partial charge in [-0.15, -0.1) is 13.2 Å². The lowest BCUT2D eigenvalue weighted by Gasteiger charge is -2.42. The third kappa shape index (κ3) is 6.62. The maximum absolute atomic E-state index is 14.6. The molecule has 2 bridgehead atoms. The Morgan fingerprint density at radius 1 is 0.936 bits per heavy atom. The van der Waals surface area contributed by atoms with Crippen LogP contribution in [-0.4, -0.2) is 71.8 Å². The van der Waals surface area contributed by atoms with E-state index >= 15 is 0 Å². The number of alkyl carbamates (subject to hydrolysis) is 1. The van der Waals surface area contributed by atoms with Crippen molar-refractivity contribution < 1.29 is 28.7 Å². The highest BCUT2D eigenvalue weighted by Crippen LogP contribution is 2.65. The molecule has 5 aliphatic rings. The fourth-order valence-corrected chi connectivity index (χ4v) is 9.88. The van der Waals surface area contributed by atoms with Crippen LogP contribution in [0.1, 0.15) is 98.8 Å². The van der Waals surface area contributed by atoms with Gasteiger partial charge in [0.05, 0.1) is 6.04 Å². The molecule has 4 amide bonds. The van der Waals surface area contributed by atoms with Gasteiger partial charge in [-0.3, -0.25) is 19.2 Å². The fraction of sp³-hybridized carbons (Fsp3) is 0.757. The summed E-state index contributed by atoms with van der Waals surface area (Å²) >= 11 is 0. The number of carbonyl (C=O) groups is 5. The number of hydrogen-bond acceptors (Lipinski definition) is 6. The molecule has 8 atom stereocenters. The normalized spacial score (nSPS) is 32.8. The SMILES string of the molecule is C=CCCC(NC(=O)[C@@H]1[C@@H]2[C@H](CN1C(=O)[C@@H](NC(=O)OC1C3(C)CCC(C3)C1(C)C)C1CCCCC1)C2(C)C)C(=O)C(=O)NCC=C. The molecule has 0 spiro atoms. The van der Waals surface area contributed by atoms with Crippen LogP contribution in [-0.2, 0) is 23.9 Å². The molecule has 4 aliphatic carbocycles. The van der Waals surface area contributed by atoms with Crippen molar-refractivity contribution in [2.24, 2.45) is 39.9 Å². The topological polar surface area (TPSA) is 134 Å². The van der Waals surface area contributed by atoms with Crippen molar-refractivity contribution in [2.45, 2.75) is 123 Å². The number of amides is 4. The number of rotatable bonds is 13. The van der Waals surface area contributed by atoms with Gasteiger partial charge in [0.1, 0.15) is 18.2 Å². The third-order valence-electron chi connectivity index (χ3n) is 12.7. The third-order valence-corrected chi connectivity index (χ3v) is 12.7. The number of fused-ring (bicyclic) bond motifs is 3. The summed E-state index contributed by atoms with van der Waals surface area (Å²) in [6.45, 7) is 18.6. The van der Waals surface area contributed by atoms with Crippen LogP contribution in [0.2, 0.25) is 0 Å². The molecule has 0 aromatic heterocycles. The number of ether oxygens (including phenoxy) is 1. The van der Waals surface area contributed by atoms with Crippen LogP contribution in [0.15, 0.2) is 25.3 Å². The van der Waals surface area contributed by atoms with E-state index in [1.807, 2.05) is 0 Å². The molecule has 4 unspecified atom stereocenters.